The van der Waals surface area contributed by atoms with Gasteiger partial charge in [0.25, 0.3) is 0 Å². The minimum absolute atomic E-state index is 0.0271. The molecule has 21 heavy (non-hydrogen) atoms. The van der Waals surface area contributed by atoms with Gasteiger partial charge in [0, 0.05) is 46.0 Å². The summed E-state index contributed by atoms with van der Waals surface area (Å²) in [5, 5.41) is 0. The quantitative estimate of drug-likeness (QED) is 0.850. The predicted molar refractivity (Wildman–Crippen MR) is 87.9 cm³/mol. The Morgan fingerprint density at radius 2 is 1.76 bits per heavy atom. The zero-order valence-electron chi connectivity index (χ0n) is 13.9. The number of rotatable bonds is 3. The standard InChI is InChI=1S/C17H27N3O/c1-13-7-6-8-16(14(13)2)20-11-9-19(10-12-20)15(3)17(21)18(4)5/h6-8,15H,9-12H2,1-5H3/t15-/m0/s1. The first-order valence-corrected chi connectivity index (χ1v) is 7.68. The Kier molecular flexibility index (Phi) is 4.88. The van der Waals surface area contributed by atoms with E-state index in [9.17, 15) is 4.79 Å². The molecule has 1 fully saturated rings. The lowest BCUT2D eigenvalue weighted by Gasteiger charge is -2.39. The second kappa shape index (κ2) is 6.48. The molecule has 0 aliphatic carbocycles. The van der Waals surface area contributed by atoms with Gasteiger partial charge in [0.05, 0.1) is 6.04 Å². The second-order valence-electron chi connectivity index (χ2n) is 6.15. The summed E-state index contributed by atoms with van der Waals surface area (Å²) in [5.41, 5.74) is 4.04. The molecule has 1 atom stereocenters. The molecule has 2 rings (SSSR count). The van der Waals surface area contributed by atoms with E-state index in [2.05, 4.69) is 41.8 Å². The molecule has 1 saturated heterocycles. The molecule has 116 valence electrons. The van der Waals surface area contributed by atoms with Crippen molar-refractivity contribution in [1.29, 1.82) is 0 Å². The maximum atomic E-state index is 12.1. The molecule has 1 heterocycles. The smallest absolute Gasteiger partial charge is 0.239 e. The van der Waals surface area contributed by atoms with Gasteiger partial charge in [0.2, 0.25) is 5.91 Å². The first-order valence-electron chi connectivity index (χ1n) is 7.68. The number of benzene rings is 1. The molecular weight excluding hydrogens is 262 g/mol. The fraction of sp³-hybridized carbons (Fsp3) is 0.588. The van der Waals surface area contributed by atoms with Crippen molar-refractivity contribution < 1.29 is 4.79 Å². The van der Waals surface area contributed by atoms with Crippen molar-refractivity contribution >= 4 is 11.6 Å². The number of hydrogen-bond acceptors (Lipinski definition) is 3. The van der Waals surface area contributed by atoms with E-state index in [1.807, 2.05) is 21.0 Å². The highest BCUT2D eigenvalue weighted by Gasteiger charge is 2.26. The topological polar surface area (TPSA) is 26.8 Å². The number of anilines is 1. The van der Waals surface area contributed by atoms with Crippen LogP contribution in [0, 0.1) is 13.8 Å². The highest BCUT2D eigenvalue weighted by Crippen LogP contribution is 2.24. The van der Waals surface area contributed by atoms with Gasteiger partial charge < -0.3 is 9.80 Å². The SMILES string of the molecule is Cc1cccc(N2CCN([C@@H](C)C(=O)N(C)C)CC2)c1C. The van der Waals surface area contributed by atoms with Gasteiger partial charge in [-0.2, -0.15) is 0 Å². The van der Waals surface area contributed by atoms with Crippen LogP contribution < -0.4 is 4.90 Å². The summed E-state index contributed by atoms with van der Waals surface area (Å²) in [7, 11) is 3.65. The van der Waals surface area contributed by atoms with Crippen LogP contribution in [0.5, 0.6) is 0 Å². The molecule has 4 heteroatoms. The van der Waals surface area contributed by atoms with Crippen LogP contribution in [0.25, 0.3) is 0 Å². The van der Waals surface area contributed by atoms with Gasteiger partial charge in [-0.3, -0.25) is 9.69 Å². The van der Waals surface area contributed by atoms with Crippen molar-refractivity contribution in [2.24, 2.45) is 0 Å². The van der Waals surface area contributed by atoms with Gasteiger partial charge in [-0.05, 0) is 38.0 Å². The van der Waals surface area contributed by atoms with E-state index in [-0.39, 0.29) is 11.9 Å². The summed E-state index contributed by atoms with van der Waals surface area (Å²) in [6.07, 6.45) is 0. The molecule has 1 aromatic rings. The lowest BCUT2D eigenvalue weighted by atomic mass is 10.1. The number of aryl methyl sites for hydroxylation is 1. The number of hydrogen-bond donors (Lipinski definition) is 0. The monoisotopic (exact) mass is 289 g/mol. The second-order valence-corrected chi connectivity index (χ2v) is 6.15. The molecule has 0 saturated carbocycles. The third-order valence-corrected chi connectivity index (χ3v) is 4.58. The molecule has 1 aliphatic rings. The summed E-state index contributed by atoms with van der Waals surface area (Å²) in [6, 6.07) is 6.46. The third-order valence-electron chi connectivity index (χ3n) is 4.58. The highest BCUT2D eigenvalue weighted by atomic mass is 16.2. The van der Waals surface area contributed by atoms with Gasteiger partial charge in [-0.1, -0.05) is 12.1 Å². The Bertz CT molecular complexity index is 505. The third kappa shape index (κ3) is 3.38. The number of amides is 1. The van der Waals surface area contributed by atoms with Crippen molar-refractivity contribution in [2.75, 3.05) is 45.2 Å². The van der Waals surface area contributed by atoms with Crippen molar-refractivity contribution in [3.63, 3.8) is 0 Å². The van der Waals surface area contributed by atoms with Crippen LogP contribution in [0.3, 0.4) is 0 Å². The van der Waals surface area contributed by atoms with Gasteiger partial charge in [0.15, 0.2) is 0 Å². The van der Waals surface area contributed by atoms with E-state index in [4.69, 9.17) is 0 Å². The van der Waals surface area contributed by atoms with Crippen LogP contribution in [0.4, 0.5) is 5.69 Å². The number of carbonyl (C=O) groups is 1. The summed E-state index contributed by atoms with van der Waals surface area (Å²) in [4.78, 5) is 18.5. The molecule has 0 N–H and O–H groups in total. The molecule has 1 aliphatic heterocycles. The first-order chi connectivity index (χ1) is 9.91. The van der Waals surface area contributed by atoms with E-state index in [0.717, 1.165) is 26.2 Å². The van der Waals surface area contributed by atoms with Crippen LogP contribution in [-0.4, -0.2) is 62.0 Å². The molecule has 1 aromatic carbocycles. The van der Waals surface area contributed by atoms with Crippen molar-refractivity contribution in [3.05, 3.63) is 29.3 Å². The maximum Gasteiger partial charge on any atom is 0.239 e. The molecule has 1 amide bonds. The fourth-order valence-electron chi connectivity index (χ4n) is 2.96. The molecule has 4 nitrogen and oxygen atoms in total. The molecule has 0 bridgehead atoms. The lowest BCUT2D eigenvalue weighted by molar-refractivity contribution is -0.133. The lowest BCUT2D eigenvalue weighted by Crippen LogP contribution is -2.53. The predicted octanol–water partition coefficient (Wildman–Crippen LogP) is 1.90. The van der Waals surface area contributed by atoms with E-state index in [0.29, 0.717) is 0 Å². The van der Waals surface area contributed by atoms with Crippen molar-refractivity contribution in [3.8, 4) is 0 Å². The van der Waals surface area contributed by atoms with Gasteiger partial charge in [0.1, 0.15) is 0 Å². The normalized spacial score (nSPS) is 17.7. The Labute approximate surface area is 128 Å². The Balaban J connectivity index is 2.00. The Morgan fingerprint density at radius 3 is 2.33 bits per heavy atom. The number of likely N-dealkylation sites (N-methyl/N-ethyl adjacent to an activating group) is 1. The van der Waals surface area contributed by atoms with Crippen LogP contribution in [0.2, 0.25) is 0 Å². The summed E-state index contributed by atoms with van der Waals surface area (Å²) >= 11 is 0. The van der Waals surface area contributed by atoms with E-state index in [1.54, 1.807) is 4.90 Å². The molecule has 0 aromatic heterocycles. The van der Waals surface area contributed by atoms with Crippen molar-refractivity contribution in [2.45, 2.75) is 26.8 Å². The van der Waals surface area contributed by atoms with E-state index in [1.165, 1.54) is 16.8 Å². The molecule has 0 radical (unpaired) electrons. The minimum atomic E-state index is -0.0271. The van der Waals surface area contributed by atoms with Gasteiger partial charge in [-0.15, -0.1) is 0 Å². The van der Waals surface area contributed by atoms with Gasteiger partial charge >= 0.3 is 0 Å². The number of carbonyl (C=O) groups excluding carboxylic acids is 1. The van der Waals surface area contributed by atoms with Crippen LogP contribution >= 0.6 is 0 Å². The largest absolute Gasteiger partial charge is 0.369 e. The molecule has 0 spiro atoms. The molecule has 0 unspecified atom stereocenters. The number of nitrogens with zero attached hydrogens (tertiary/aromatic N) is 3. The highest BCUT2D eigenvalue weighted by molar-refractivity contribution is 5.81. The minimum Gasteiger partial charge on any atom is -0.369 e. The van der Waals surface area contributed by atoms with Crippen molar-refractivity contribution in [1.82, 2.24) is 9.80 Å². The zero-order valence-corrected chi connectivity index (χ0v) is 13.9. The van der Waals surface area contributed by atoms with E-state index < -0.39 is 0 Å². The average molecular weight is 289 g/mol. The summed E-state index contributed by atoms with van der Waals surface area (Å²) in [5.74, 6) is 0.190. The van der Waals surface area contributed by atoms with E-state index >= 15 is 0 Å². The van der Waals surface area contributed by atoms with Crippen LogP contribution in [0.15, 0.2) is 18.2 Å². The zero-order chi connectivity index (χ0) is 15.6. The summed E-state index contributed by atoms with van der Waals surface area (Å²) in [6.45, 7) is 10.2. The van der Waals surface area contributed by atoms with Crippen LogP contribution in [0.1, 0.15) is 18.1 Å². The fourth-order valence-corrected chi connectivity index (χ4v) is 2.96. The van der Waals surface area contributed by atoms with Gasteiger partial charge in [-0.25, -0.2) is 0 Å². The summed E-state index contributed by atoms with van der Waals surface area (Å²) < 4.78 is 0. The Morgan fingerprint density at radius 1 is 1.14 bits per heavy atom. The maximum absolute atomic E-state index is 12.1. The Hall–Kier alpha value is -1.55. The average Bonchev–Trinajstić information content (AvgIpc) is 2.48. The van der Waals surface area contributed by atoms with Crippen LogP contribution in [-0.2, 0) is 4.79 Å². The number of piperazine rings is 1. The molecular formula is C17H27N3O. The first kappa shape index (κ1) is 15.8.